The van der Waals surface area contributed by atoms with Crippen LogP contribution in [0, 0.1) is 11.7 Å². The number of thioether (sulfide) groups is 1. The minimum Gasteiger partial charge on any atom is -0.325 e. The van der Waals surface area contributed by atoms with Crippen molar-refractivity contribution in [3.05, 3.63) is 99.8 Å². The molecule has 2 unspecified atom stereocenters. The number of aliphatic imine (C=N–C) groups is 1. The van der Waals surface area contributed by atoms with E-state index >= 15 is 4.39 Å². The normalized spacial score (nSPS) is 16.8. The lowest BCUT2D eigenvalue weighted by Gasteiger charge is -2.30. The first-order valence-corrected chi connectivity index (χ1v) is 12.8. The fourth-order valence-electron chi connectivity index (χ4n) is 4.10. The third-order valence-corrected chi connectivity index (χ3v) is 7.17. The van der Waals surface area contributed by atoms with Gasteiger partial charge in [-0.15, -0.1) is 5.10 Å². The standard InChI is InChI=1S/C26H20Cl2FN5OS/c1-15-22(24(35)31-19-11-9-17(27)10-12-19)23(20-7-2-3-8-21(20)29)34-25(30-15)32-26(33-34)36-14-16-5-4-6-18(28)13-16/h2-13,22-23H,14H2,1H3,(H,31,35). The van der Waals surface area contributed by atoms with Crippen molar-refractivity contribution in [1.29, 1.82) is 0 Å². The Morgan fingerprint density at radius 3 is 2.58 bits per heavy atom. The number of nitrogens with one attached hydrogen (secondary N) is 1. The van der Waals surface area contributed by atoms with E-state index in [1.807, 2.05) is 24.3 Å². The van der Waals surface area contributed by atoms with E-state index < -0.39 is 17.8 Å². The highest BCUT2D eigenvalue weighted by atomic mass is 35.5. The predicted molar refractivity (Wildman–Crippen MR) is 142 cm³/mol. The van der Waals surface area contributed by atoms with Crippen LogP contribution in [0.5, 0.6) is 0 Å². The summed E-state index contributed by atoms with van der Waals surface area (Å²) in [5.41, 5.74) is 2.44. The van der Waals surface area contributed by atoms with Crippen molar-refractivity contribution in [1.82, 2.24) is 14.8 Å². The zero-order chi connectivity index (χ0) is 25.2. The molecular weight excluding hydrogens is 520 g/mol. The molecule has 6 nitrogen and oxygen atoms in total. The van der Waals surface area contributed by atoms with Crippen LogP contribution in [-0.4, -0.2) is 26.4 Å². The molecule has 1 aliphatic heterocycles. The van der Waals surface area contributed by atoms with Crippen LogP contribution < -0.4 is 5.32 Å². The molecular formula is C26H20Cl2FN5OS. The number of anilines is 1. The van der Waals surface area contributed by atoms with Crippen molar-refractivity contribution < 1.29 is 9.18 Å². The fourth-order valence-corrected chi connectivity index (χ4v) is 5.21. The monoisotopic (exact) mass is 539 g/mol. The molecule has 2 heterocycles. The topological polar surface area (TPSA) is 72.2 Å². The van der Waals surface area contributed by atoms with Gasteiger partial charge in [0, 0.05) is 32.8 Å². The molecule has 0 fully saturated rings. The maximum absolute atomic E-state index is 15.1. The van der Waals surface area contributed by atoms with Gasteiger partial charge in [0.1, 0.15) is 17.8 Å². The lowest BCUT2D eigenvalue weighted by Crippen LogP contribution is -2.39. The number of aromatic nitrogens is 3. The van der Waals surface area contributed by atoms with Crippen LogP contribution in [0.25, 0.3) is 0 Å². The summed E-state index contributed by atoms with van der Waals surface area (Å²) in [4.78, 5) is 22.6. The lowest BCUT2D eigenvalue weighted by molar-refractivity contribution is -0.118. The molecule has 3 aromatic carbocycles. The molecule has 36 heavy (non-hydrogen) atoms. The molecule has 0 saturated heterocycles. The predicted octanol–water partition coefficient (Wildman–Crippen LogP) is 6.97. The van der Waals surface area contributed by atoms with Gasteiger partial charge < -0.3 is 5.32 Å². The average Bonchev–Trinajstić information content (AvgIpc) is 3.26. The summed E-state index contributed by atoms with van der Waals surface area (Å²) in [6, 6.07) is 19.9. The number of fused-ring (bicyclic) bond motifs is 1. The first-order chi connectivity index (χ1) is 17.4. The van der Waals surface area contributed by atoms with Crippen molar-refractivity contribution in [3.8, 4) is 0 Å². The van der Waals surface area contributed by atoms with Crippen LogP contribution in [-0.2, 0) is 10.5 Å². The van der Waals surface area contributed by atoms with Crippen LogP contribution >= 0.6 is 35.0 Å². The van der Waals surface area contributed by atoms with Crippen LogP contribution in [0.15, 0.2) is 82.9 Å². The molecule has 10 heteroatoms. The molecule has 1 aliphatic rings. The van der Waals surface area contributed by atoms with E-state index in [0.29, 0.717) is 43.9 Å². The second-order valence-corrected chi connectivity index (χ2v) is 10.1. The maximum Gasteiger partial charge on any atom is 0.249 e. The van der Waals surface area contributed by atoms with E-state index in [1.54, 1.807) is 49.4 Å². The van der Waals surface area contributed by atoms with E-state index in [9.17, 15) is 4.79 Å². The molecule has 1 aromatic heterocycles. The minimum absolute atomic E-state index is 0.324. The smallest absolute Gasteiger partial charge is 0.249 e. The van der Waals surface area contributed by atoms with Gasteiger partial charge in [0.2, 0.25) is 17.0 Å². The molecule has 1 amide bonds. The highest BCUT2D eigenvalue weighted by molar-refractivity contribution is 7.98. The number of benzene rings is 3. The molecule has 5 rings (SSSR count). The first kappa shape index (κ1) is 24.5. The molecule has 1 N–H and O–H groups in total. The van der Waals surface area contributed by atoms with Gasteiger partial charge in [0.15, 0.2) is 0 Å². The van der Waals surface area contributed by atoms with Crippen molar-refractivity contribution in [2.75, 3.05) is 5.32 Å². The summed E-state index contributed by atoms with van der Waals surface area (Å²) in [6.07, 6.45) is 0. The van der Waals surface area contributed by atoms with E-state index in [2.05, 4.69) is 20.4 Å². The van der Waals surface area contributed by atoms with Gasteiger partial charge >= 0.3 is 0 Å². The van der Waals surface area contributed by atoms with E-state index in [-0.39, 0.29) is 5.91 Å². The Balaban J connectivity index is 1.49. The Kier molecular flexibility index (Phi) is 7.09. The van der Waals surface area contributed by atoms with Gasteiger partial charge in [0.25, 0.3) is 0 Å². The largest absolute Gasteiger partial charge is 0.325 e. The number of halogens is 3. The number of nitrogens with zero attached hydrogens (tertiary/aromatic N) is 4. The fraction of sp³-hybridized carbons (Fsp3) is 0.154. The number of amides is 1. The van der Waals surface area contributed by atoms with Crippen molar-refractivity contribution >= 4 is 58.2 Å². The molecule has 0 radical (unpaired) electrons. The summed E-state index contributed by atoms with van der Waals surface area (Å²) in [6.45, 7) is 1.75. The van der Waals surface area contributed by atoms with Gasteiger partial charge in [-0.3, -0.25) is 4.79 Å². The Morgan fingerprint density at radius 1 is 1.06 bits per heavy atom. The Hall–Kier alpha value is -3.20. The Morgan fingerprint density at radius 2 is 1.83 bits per heavy atom. The second kappa shape index (κ2) is 10.4. The van der Waals surface area contributed by atoms with Gasteiger partial charge in [-0.1, -0.05) is 65.3 Å². The Labute approximate surface area is 221 Å². The highest BCUT2D eigenvalue weighted by Crippen LogP contribution is 2.38. The SMILES string of the molecule is CC1=Nc2nc(SCc3cccc(Cl)c3)nn2C(c2ccccc2F)C1C(=O)Nc1ccc(Cl)cc1. The average molecular weight is 540 g/mol. The summed E-state index contributed by atoms with van der Waals surface area (Å²) in [7, 11) is 0. The van der Waals surface area contributed by atoms with E-state index in [0.717, 1.165) is 5.56 Å². The second-order valence-electron chi connectivity index (χ2n) is 8.25. The summed E-state index contributed by atoms with van der Waals surface area (Å²) in [5, 5.41) is 9.22. The molecule has 4 aromatic rings. The van der Waals surface area contributed by atoms with Crippen molar-refractivity contribution in [3.63, 3.8) is 0 Å². The quantitative estimate of drug-likeness (QED) is 0.268. The third kappa shape index (κ3) is 5.16. The first-order valence-electron chi connectivity index (χ1n) is 11.1. The van der Waals surface area contributed by atoms with Crippen molar-refractivity contribution in [2.45, 2.75) is 23.9 Å². The molecule has 2 atom stereocenters. The summed E-state index contributed by atoms with van der Waals surface area (Å²) < 4.78 is 16.6. The van der Waals surface area contributed by atoms with Gasteiger partial charge in [0.05, 0.1) is 0 Å². The minimum atomic E-state index is -0.808. The number of hydrogen-bond donors (Lipinski definition) is 1. The number of carbonyl (C=O) groups excluding carboxylic acids is 1. The molecule has 182 valence electrons. The summed E-state index contributed by atoms with van der Waals surface area (Å²) in [5.74, 6) is -0.656. The number of carbonyl (C=O) groups is 1. The maximum atomic E-state index is 15.1. The van der Waals surface area contributed by atoms with Gasteiger partial charge in [-0.05, 0) is 55.0 Å². The van der Waals surface area contributed by atoms with Crippen LogP contribution in [0.3, 0.4) is 0 Å². The summed E-state index contributed by atoms with van der Waals surface area (Å²) >= 11 is 13.5. The van der Waals surface area contributed by atoms with Gasteiger partial charge in [-0.2, -0.15) is 4.98 Å². The van der Waals surface area contributed by atoms with E-state index in [1.165, 1.54) is 22.5 Å². The molecule has 0 saturated carbocycles. The van der Waals surface area contributed by atoms with Crippen LogP contribution in [0.1, 0.15) is 24.1 Å². The van der Waals surface area contributed by atoms with Crippen LogP contribution in [0.2, 0.25) is 10.0 Å². The van der Waals surface area contributed by atoms with Gasteiger partial charge in [-0.25, -0.2) is 14.1 Å². The van der Waals surface area contributed by atoms with Crippen molar-refractivity contribution in [2.24, 2.45) is 10.9 Å². The van der Waals surface area contributed by atoms with E-state index in [4.69, 9.17) is 23.2 Å². The lowest BCUT2D eigenvalue weighted by atomic mass is 9.87. The molecule has 0 bridgehead atoms. The molecule has 0 aliphatic carbocycles. The number of hydrogen-bond acceptors (Lipinski definition) is 5. The third-order valence-electron chi connectivity index (χ3n) is 5.77. The number of rotatable bonds is 6. The molecule has 0 spiro atoms. The highest BCUT2D eigenvalue weighted by Gasteiger charge is 2.40. The van der Waals surface area contributed by atoms with Crippen LogP contribution in [0.4, 0.5) is 16.0 Å². The zero-order valence-electron chi connectivity index (χ0n) is 19.0. The zero-order valence-corrected chi connectivity index (χ0v) is 21.4. The Bertz CT molecular complexity index is 1460.